The maximum atomic E-state index is 12.6. The van der Waals surface area contributed by atoms with Crippen LogP contribution in [-0.4, -0.2) is 36.0 Å². The first-order valence-electron chi connectivity index (χ1n) is 6.98. The van der Waals surface area contributed by atoms with Crippen LogP contribution in [0.15, 0.2) is 22.7 Å². The molecule has 1 aromatic carbocycles. The second kappa shape index (κ2) is 6.59. The number of nitrogens with two attached hydrogens (primary N) is 1. The van der Waals surface area contributed by atoms with E-state index in [1.165, 1.54) is 0 Å². The van der Waals surface area contributed by atoms with Gasteiger partial charge in [-0.2, -0.15) is 0 Å². The Hall–Kier alpha value is -1.07. The fraction of sp³-hybridized carbons (Fsp3) is 0.533. The maximum Gasteiger partial charge on any atom is 0.257 e. The lowest BCUT2D eigenvalue weighted by Crippen LogP contribution is -2.45. The summed E-state index contributed by atoms with van der Waals surface area (Å²) >= 11 is 3.42. The molecule has 1 amide bonds. The van der Waals surface area contributed by atoms with Crippen LogP contribution >= 0.6 is 15.9 Å². The Balaban J connectivity index is 2.24. The van der Waals surface area contributed by atoms with Crippen molar-refractivity contribution in [2.45, 2.75) is 38.8 Å². The first kappa shape index (κ1) is 15.3. The molecule has 1 fully saturated rings. The number of benzene rings is 1. The third kappa shape index (κ3) is 3.73. The summed E-state index contributed by atoms with van der Waals surface area (Å²) < 4.78 is 6.66. The van der Waals surface area contributed by atoms with Crippen LogP contribution in [0.2, 0.25) is 0 Å². The number of nitrogens with zero attached hydrogens (tertiary/aromatic N) is 1. The number of ether oxygens (including phenoxy) is 1. The SMILES string of the molecule is CC(C)Oc1cc(Br)ccc1C(=O)N1CCC[C@@H](N)C1. The fourth-order valence-electron chi connectivity index (χ4n) is 2.39. The van der Waals surface area contributed by atoms with Crippen LogP contribution in [0.1, 0.15) is 37.0 Å². The Morgan fingerprint density at radius 2 is 2.25 bits per heavy atom. The van der Waals surface area contributed by atoms with E-state index in [-0.39, 0.29) is 18.1 Å². The van der Waals surface area contributed by atoms with Crippen LogP contribution in [0.25, 0.3) is 0 Å². The number of carbonyl (C=O) groups is 1. The Kier molecular flexibility index (Phi) is 5.05. The van der Waals surface area contributed by atoms with E-state index < -0.39 is 0 Å². The summed E-state index contributed by atoms with van der Waals surface area (Å²) in [5, 5.41) is 0. The number of hydrogen-bond donors (Lipinski definition) is 1. The summed E-state index contributed by atoms with van der Waals surface area (Å²) in [7, 11) is 0. The third-order valence-electron chi connectivity index (χ3n) is 3.28. The minimum absolute atomic E-state index is 0.00306. The average molecular weight is 341 g/mol. The molecule has 1 aromatic rings. The number of halogens is 1. The molecule has 0 radical (unpaired) electrons. The third-order valence-corrected chi connectivity index (χ3v) is 3.78. The second-order valence-electron chi connectivity index (χ2n) is 5.46. The lowest BCUT2D eigenvalue weighted by molar-refractivity contribution is 0.0702. The normalized spacial score (nSPS) is 19.2. The lowest BCUT2D eigenvalue weighted by Gasteiger charge is -2.31. The Morgan fingerprint density at radius 3 is 2.90 bits per heavy atom. The van der Waals surface area contributed by atoms with Crippen molar-refractivity contribution in [3.63, 3.8) is 0 Å². The Bertz CT molecular complexity index is 491. The van der Waals surface area contributed by atoms with E-state index in [4.69, 9.17) is 10.5 Å². The minimum atomic E-state index is 0.00306. The molecule has 0 spiro atoms. The number of carbonyl (C=O) groups excluding carboxylic acids is 1. The van der Waals surface area contributed by atoms with E-state index in [0.717, 1.165) is 23.9 Å². The summed E-state index contributed by atoms with van der Waals surface area (Å²) in [5.74, 6) is 0.627. The summed E-state index contributed by atoms with van der Waals surface area (Å²) in [6.07, 6.45) is 1.97. The zero-order valence-electron chi connectivity index (χ0n) is 11.9. The van der Waals surface area contributed by atoms with E-state index in [9.17, 15) is 4.79 Å². The van der Waals surface area contributed by atoms with Crippen molar-refractivity contribution < 1.29 is 9.53 Å². The number of rotatable bonds is 3. The molecule has 1 atom stereocenters. The zero-order valence-corrected chi connectivity index (χ0v) is 13.5. The van der Waals surface area contributed by atoms with Crippen LogP contribution < -0.4 is 10.5 Å². The molecular formula is C15H21BrN2O2. The van der Waals surface area contributed by atoms with Crippen LogP contribution in [0, 0.1) is 0 Å². The molecule has 5 heteroatoms. The Labute approximate surface area is 128 Å². The highest BCUT2D eigenvalue weighted by Gasteiger charge is 2.24. The second-order valence-corrected chi connectivity index (χ2v) is 6.38. The van der Waals surface area contributed by atoms with E-state index in [1.807, 2.05) is 36.9 Å². The number of hydrogen-bond acceptors (Lipinski definition) is 3. The van der Waals surface area contributed by atoms with Crippen molar-refractivity contribution in [2.75, 3.05) is 13.1 Å². The van der Waals surface area contributed by atoms with Gasteiger partial charge in [0.1, 0.15) is 5.75 Å². The van der Waals surface area contributed by atoms with E-state index >= 15 is 0 Å². The first-order chi connectivity index (χ1) is 9.47. The molecule has 1 heterocycles. The summed E-state index contributed by atoms with van der Waals surface area (Å²) in [5.41, 5.74) is 6.56. The standard InChI is InChI=1S/C15H21BrN2O2/c1-10(2)20-14-8-11(16)5-6-13(14)15(19)18-7-3-4-12(17)9-18/h5-6,8,10,12H,3-4,7,9,17H2,1-2H3/t12-/m1/s1. The molecular weight excluding hydrogens is 320 g/mol. The van der Waals surface area contributed by atoms with E-state index in [2.05, 4.69) is 15.9 Å². The Morgan fingerprint density at radius 1 is 1.50 bits per heavy atom. The highest BCUT2D eigenvalue weighted by molar-refractivity contribution is 9.10. The molecule has 0 saturated carbocycles. The van der Waals surface area contributed by atoms with Crippen molar-refractivity contribution in [3.8, 4) is 5.75 Å². The van der Waals surface area contributed by atoms with E-state index in [1.54, 1.807) is 0 Å². The van der Waals surface area contributed by atoms with Gasteiger partial charge in [0, 0.05) is 23.6 Å². The molecule has 1 aliphatic heterocycles. The van der Waals surface area contributed by atoms with Crippen molar-refractivity contribution in [2.24, 2.45) is 5.73 Å². The van der Waals surface area contributed by atoms with Gasteiger partial charge in [0.15, 0.2) is 0 Å². The van der Waals surface area contributed by atoms with Gasteiger partial charge in [-0.1, -0.05) is 15.9 Å². The van der Waals surface area contributed by atoms with Gasteiger partial charge in [0.25, 0.3) is 5.91 Å². The molecule has 2 N–H and O–H groups in total. The van der Waals surface area contributed by atoms with Crippen molar-refractivity contribution >= 4 is 21.8 Å². The minimum Gasteiger partial charge on any atom is -0.490 e. The monoisotopic (exact) mass is 340 g/mol. The van der Waals surface area contributed by atoms with Gasteiger partial charge in [-0.25, -0.2) is 0 Å². The van der Waals surface area contributed by atoms with Gasteiger partial charge >= 0.3 is 0 Å². The van der Waals surface area contributed by atoms with Crippen LogP contribution in [0.5, 0.6) is 5.75 Å². The van der Waals surface area contributed by atoms with Crippen molar-refractivity contribution in [1.29, 1.82) is 0 Å². The molecule has 1 aliphatic rings. The predicted octanol–water partition coefficient (Wildman–Crippen LogP) is 2.80. The van der Waals surface area contributed by atoms with Crippen LogP contribution in [0.3, 0.4) is 0 Å². The zero-order chi connectivity index (χ0) is 14.7. The molecule has 4 nitrogen and oxygen atoms in total. The van der Waals surface area contributed by atoms with Crippen LogP contribution in [0.4, 0.5) is 0 Å². The quantitative estimate of drug-likeness (QED) is 0.920. The summed E-state index contributed by atoms with van der Waals surface area (Å²) in [6, 6.07) is 5.60. The van der Waals surface area contributed by atoms with E-state index in [0.29, 0.717) is 17.9 Å². The molecule has 0 aromatic heterocycles. The topological polar surface area (TPSA) is 55.6 Å². The molecule has 2 rings (SSSR count). The number of likely N-dealkylation sites (tertiary alicyclic amines) is 1. The fourth-order valence-corrected chi connectivity index (χ4v) is 2.73. The first-order valence-corrected chi connectivity index (χ1v) is 7.77. The molecule has 110 valence electrons. The molecule has 0 unspecified atom stereocenters. The van der Waals surface area contributed by atoms with Crippen molar-refractivity contribution in [3.05, 3.63) is 28.2 Å². The largest absolute Gasteiger partial charge is 0.490 e. The van der Waals surface area contributed by atoms with Gasteiger partial charge in [0.2, 0.25) is 0 Å². The van der Waals surface area contributed by atoms with Gasteiger partial charge in [-0.3, -0.25) is 4.79 Å². The summed E-state index contributed by atoms with van der Waals surface area (Å²) in [4.78, 5) is 14.5. The number of piperidine rings is 1. The smallest absolute Gasteiger partial charge is 0.257 e. The van der Waals surface area contributed by atoms with Gasteiger partial charge < -0.3 is 15.4 Å². The highest BCUT2D eigenvalue weighted by atomic mass is 79.9. The number of amides is 1. The molecule has 0 aliphatic carbocycles. The molecule has 1 saturated heterocycles. The van der Waals surface area contributed by atoms with Gasteiger partial charge in [-0.05, 0) is 44.9 Å². The average Bonchev–Trinajstić information content (AvgIpc) is 2.37. The predicted molar refractivity (Wildman–Crippen MR) is 83.0 cm³/mol. The van der Waals surface area contributed by atoms with Gasteiger partial charge in [-0.15, -0.1) is 0 Å². The highest BCUT2D eigenvalue weighted by Crippen LogP contribution is 2.27. The van der Waals surface area contributed by atoms with Gasteiger partial charge in [0.05, 0.1) is 11.7 Å². The molecule has 0 bridgehead atoms. The maximum absolute atomic E-state index is 12.6. The lowest BCUT2D eigenvalue weighted by atomic mass is 10.0. The van der Waals surface area contributed by atoms with Crippen LogP contribution in [-0.2, 0) is 0 Å². The summed E-state index contributed by atoms with van der Waals surface area (Å²) in [6.45, 7) is 5.29. The van der Waals surface area contributed by atoms with Crippen molar-refractivity contribution in [1.82, 2.24) is 4.90 Å². The molecule has 20 heavy (non-hydrogen) atoms.